The SMILES string of the molecule is CC(NC(=O)c1cc(S(=O)(=O)N(C)C(C)C)ccc1Cl)c1ccc(Cl)s1. The van der Waals surface area contributed by atoms with Gasteiger partial charge in [-0.3, -0.25) is 4.79 Å². The summed E-state index contributed by atoms with van der Waals surface area (Å²) < 4.78 is 27.2. The summed E-state index contributed by atoms with van der Waals surface area (Å²) in [6, 6.07) is 7.22. The van der Waals surface area contributed by atoms with E-state index in [1.54, 1.807) is 19.9 Å². The first-order chi connectivity index (χ1) is 12.0. The molecule has 1 atom stereocenters. The van der Waals surface area contributed by atoms with Gasteiger partial charge in [-0.2, -0.15) is 4.31 Å². The van der Waals surface area contributed by atoms with Gasteiger partial charge in [0.25, 0.3) is 5.91 Å². The molecule has 0 saturated carbocycles. The van der Waals surface area contributed by atoms with Crippen molar-refractivity contribution in [3.63, 3.8) is 0 Å². The van der Waals surface area contributed by atoms with E-state index in [4.69, 9.17) is 23.2 Å². The van der Waals surface area contributed by atoms with Crippen LogP contribution in [-0.2, 0) is 10.0 Å². The molecule has 0 saturated heterocycles. The number of rotatable bonds is 6. The van der Waals surface area contributed by atoms with Gasteiger partial charge in [0, 0.05) is 18.0 Å². The molecule has 1 heterocycles. The average Bonchev–Trinajstić information content (AvgIpc) is 3.00. The van der Waals surface area contributed by atoms with Crippen molar-refractivity contribution in [2.45, 2.75) is 37.8 Å². The number of carbonyl (C=O) groups is 1. The Bertz CT molecular complexity index is 910. The van der Waals surface area contributed by atoms with Crippen LogP contribution in [0.3, 0.4) is 0 Å². The van der Waals surface area contributed by atoms with Gasteiger partial charge in [0.15, 0.2) is 0 Å². The molecule has 0 bridgehead atoms. The molecule has 0 aliphatic rings. The molecule has 5 nitrogen and oxygen atoms in total. The minimum atomic E-state index is -3.71. The predicted octanol–water partition coefficient (Wildman–Crippen LogP) is 4.57. The Morgan fingerprint density at radius 3 is 2.35 bits per heavy atom. The first kappa shape index (κ1) is 21.2. The van der Waals surface area contributed by atoms with Crippen LogP contribution in [0.15, 0.2) is 35.2 Å². The molecule has 2 rings (SSSR count). The molecule has 1 aromatic carbocycles. The lowest BCUT2D eigenvalue weighted by molar-refractivity contribution is 0.0940. The summed E-state index contributed by atoms with van der Waals surface area (Å²) in [5, 5.41) is 3.00. The molecule has 0 aliphatic heterocycles. The maximum atomic E-state index is 12.6. The molecule has 0 radical (unpaired) electrons. The second kappa shape index (κ2) is 8.27. The van der Waals surface area contributed by atoms with E-state index < -0.39 is 15.9 Å². The van der Waals surface area contributed by atoms with Gasteiger partial charge in [-0.25, -0.2) is 8.42 Å². The molecule has 2 aromatic rings. The first-order valence-corrected chi connectivity index (χ1v) is 10.9. The number of hydrogen-bond donors (Lipinski definition) is 1. The zero-order valence-corrected chi connectivity index (χ0v) is 17.9. The number of nitrogens with zero attached hydrogens (tertiary/aromatic N) is 1. The Labute approximate surface area is 168 Å². The maximum absolute atomic E-state index is 12.6. The van der Waals surface area contributed by atoms with E-state index in [9.17, 15) is 13.2 Å². The molecule has 9 heteroatoms. The lowest BCUT2D eigenvalue weighted by Crippen LogP contribution is -2.33. The normalized spacial score (nSPS) is 13.2. The Balaban J connectivity index is 2.30. The van der Waals surface area contributed by atoms with Gasteiger partial charge < -0.3 is 5.32 Å². The van der Waals surface area contributed by atoms with Crippen LogP contribution in [0.5, 0.6) is 0 Å². The number of halogens is 2. The van der Waals surface area contributed by atoms with Crippen molar-refractivity contribution in [1.82, 2.24) is 9.62 Å². The van der Waals surface area contributed by atoms with Crippen molar-refractivity contribution in [1.29, 1.82) is 0 Å². The summed E-state index contributed by atoms with van der Waals surface area (Å²) in [4.78, 5) is 13.5. The third kappa shape index (κ3) is 4.58. The Morgan fingerprint density at radius 1 is 1.15 bits per heavy atom. The number of hydrogen-bond acceptors (Lipinski definition) is 4. The van der Waals surface area contributed by atoms with Crippen LogP contribution >= 0.6 is 34.5 Å². The van der Waals surface area contributed by atoms with Crippen molar-refractivity contribution in [3.8, 4) is 0 Å². The van der Waals surface area contributed by atoms with Crippen LogP contribution in [0.2, 0.25) is 9.36 Å². The van der Waals surface area contributed by atoms with Crippen molar-refractivity contribution in [2.75, 3.05) is 7.05 Å². The molecule has 1 aromatic heterocycles. The average molecular weight is 435 g/mol. The smallest absolute Gasteiger partial charge is 0.253 e. The molecule has 26 heavy (non-hydrogen) atoms. The zero-order valence-electron chi connectivity index (χ0n) is 14.8. The fraction of sp³-hybridized carbons (Fsp3) is 0.353. The quantitative estimate of drug-likeness (QED) is 0.723. The first-order valence-electron chi connectivity index (χ1n) is 7.87. The number of benzene rings is 1. The summed E-state index contributed by atoms with van der Waals surface area (Å²) in [5.74, 6) is -0.448. The van der Waals surface area contributed by atoms with Crippen molar-refractivity contribution in [3.05, 3.63) is 50.1 Å². The van der Waals surface area contributed by atoms with Gasteiger partial charge in [-0.15, -0.1) is 11.3 Å². The van der Waals surface area contributed by atoms with Crippen LogP contribution in [0, 0.1) is 0 Å². The Morgan fingerprint density at radius 2 is 1.81 bits per heavy atom. The largest absolute Gasteiger partial charge is 0.345 e. The summed E-state index contributed by atoms with van der Waals surface area (Å²) in [5.41, 5.74) is 0.111. The third-order valence-electron chi connectivity index (χ3n) is 3.96. The van der Waals surface area contributed by atoms with Crippen LogP contribution in [0.1, 0.15) is 42.0 Å². The molecule has 0 spiro atoms. The van der Waals surface area contributed by atoms with Crippen LogP contribution < -0.4 is 5.32 Å². The highest BCUT2D eigenvalue weighted by atomic mass is 35.5. The Hall–Kier alpha value is -1.12. The van der Waals surface area contributed by atoms with E-state index in [0.717, 1.165) is 4.88 Å². The summed E-state index contributed by atoms with van der Waals surface area (Å²) in [7, 11) is -2.21. The van der Waals surface area contributed by atoms with Crippen LogP contribution in [0.25, 0.3) is 0 Å². The minimum absolute atomic E-state index is 0.0232. The standard InChI is InChI=1S/C17H20Cl2N2O3S2/c1-10(2)21(4)26(23,24)12-5-6-14(18)13(9-12)17(22)20-11(3)15-7-8-16(19)25-15/h5-11H,1-4H3,(H,20,22). The van der Waals surface area contributed by atoms with E-state index in [0.29, 0.717) is 4.34 Å². The van der Waals surface area contributed by atoms with Gasteiger partial charge in [0.2, 0.25) is 10.0 Å². The van der Waals surface area contributed by atoms with Crippen LogP contribution in [0.4, 0.5) is 0 Å². The predicted molar refractivity (Wildman–Crippen MR) is 107 cm³/mol. The van der Waals surface area contributed by atoms with Crippen molar-refractivity contribution < 1.29 is 13.2 Å². The fourth-order valence-corrected chi connectivity index (χ4v) is 4.85. The monoisotopic (exact) mass is 434 g/mol. The number of amides is 1. The van der Waals surface area contributed by atoms with Gasteiger partial charge >= 0.3 is 0 Å². The molecule has 1 N–H and O–H groups in total. The van der Waals surface area contributed by atoms with Gasteiger partial charge in [0.1, 0.15) is 0 Å². The molecule has 0 fully saturated rings. The van der Waals surface area contributed by atoms with Crippen molar-refractivity contribution >= 4 is 50.5 Å². The second-order valence-corrected chi connectivity index (χ2v) is 10.2. The van der Waals surface area contributed by atoms with E-state index in [-0.39, 0.29) is 27.6 Å². The lowest BCUT2D eigenvalue weighted by atomic mass is 10.2. The Kier molecular flexibility index (Phi) is 6.74. The van der Waals surface area contributed by atoms with Gasteiger partial charge in [-0.1, -0.05) is 23.2 Å². The summed E-state index contributed by atoms with van der Waals surface area (Å²) in [6.07, 6.45) is 0. The summed E-state index contributed by atoms with van der Waals surface area (Å²) >= 11 is 13.4. The molecule has 142 valence electrons. The highest BCUT2D eigenvalue weighted by Crippen LogP contribution is 2.28. The molecule has 0 aliphatic carbocycles. The summed E-state index contributed by atoms with van der Waals surface area (Å²) in [6.45, 7) is 5.37. The number of nitrogens with one attached hydrogen (secondary N) is 1. The fourth-order valence-electron chi connectivity index (χ4n) is 2.19. The minimum Gasteiger partial charge on any atom is -0.345 e. The number of sulfonamides is 1. The van der Waals surface area contributed by atoms with Gasteiger partial charge in [-0.05, 0) is 51.1 Å². The van der Waals surface area contributed by atoms with Crippen LogP contribution in [-0.4, -0.2) is 31.7 Å². The lowest BCUT2D eigenvalue weighted by Gasteiger charge is -2.21. The van der Waals surface area contributed by atoms with E-state index in [1.807, 2.05) is 13.0 Å². The van der Waals surface area contributed by atoms with Gasteiger partial charge in [0.05, 0.1) is 25.9 Å². The molecular formula is C17H20Cl2N2O3S2. The number of thiophene rings is 1. The highest BCUT2D eigenvalue weighted by Gasteiger charge is 2.25. The molecular weight excluding hydrogens is 415 g/mol. The maximum Gasteiger partial charge on any atom is 0.253 e. The molecule has 1 unspecified atom stereocenters. The number of carbonyl (C=O) groups excluding carboxylic acids is 1. The van der Waals surface area contributed by atoms with Crippen molar-refractivity contribution in [2.24, 2.45) is 0 Å². The highest BCUT2D eigenvalue weighted by molar-refractivity contribution is 7.89. The van der Waals surface area contributed by atoms with E-state index in [2.05, 4.69) is 5.32 Å². The molecule has 1 amide bonds. The zero-order chi connectivity index (χ0) is 19.6. The van der Waals surface area contributed by atoms with E-state index in [1.165, 1.54) is 40.9 Å². The second-order valence-electron chi connectivity index (χ2n) is 6.09. The third-order valence-corrected chi connectivity index (χ3v) is 7.73. The topological polar surface area (TPSA) is 66.5 Å². The van der Waals surface area contributed by atoms with E-state index >= 15 is 0 Å².